The van der Waals surface area contributed by atoms with Crippen molar-refractivity contribution >= 4 is 17.6 Å². The first kappa shape index (κ1) is 13.4. The number of hydrogen-bond acceptors (Lipinski definition) is 4. The van der Waals surface area contributed by atoms with Gasteiger partial charge in [-0.3, -0.25) is 9.59 Å². The number of benzene rings is 1. The van der Waals surface area contributed by atoms with Crippen LogP contribution in [0.4, 0.5) is 5.69 Å². The lowest BCUT2D eigenvalue weighted by molar-refractivity contribution is -0.148. The maximum absolute atomic E-state index is 12.6. The SMILES string of the molecule is O=C(Nc1ccc2c(c1)OCO2)[C@@H]1[C@@H]2CC[C@@H](C2)[C@@H]1C(=O)O. The van der Waals surface area contributed by atoms with Crippen LogP contribution in [0.25, 0.3) is 0 Å². The van der Waals surface area contributed by atoms with Crippen LogP contribution in [0.15, 0.2) is 18.2 Å². The number of ether oxygens (including phenoxy) is 2. The Morgan fingerprint density at radius 3 is 2.59 bits per heavy atom. The molecule has 2 aliphatic carbocycles. The van der Waals surface area contributed by atoms with Crippen LogP contribution in [0.3, 0.4) is 0 Å². The molecule has 2 saturated carbocycles. The third-order valence-corrected chi connectivity index (χ3v) is 5.14. The van der Waals surface area contributed by atoms with Gasteiger partial charge in [0.1, 0.15) is 0 Å². The van der Waals surface area contributed by atoms with Crippen LogP contribution in [-0.4, -0.2) is 23.8 Å². The van der Waals surface area contributed by atoms with Crippen LogP contribution in [0.2, 0.25) is 0 Å². The number of carboxylic acids is 1. The zero-order valence-electron chi connectivity index (χ0n) is 12.0. The molecule has 6 heteroatoms. The molecular weight excluding hydrogens is 286 g/mol. The topological polar surface area (TPSA) is 84.9 Å². The van der Waals surface area contributed by atoms with Gasteiger partial charge in [0, 0.05) is 11.8 Å². The second kappa shape index (κ2) is 4.90. The average Bonchev–Trinajstić information content (AvgIpc) is 3.20. The third kappa shape index (κ3) is 2.01. The zero-order chi connectivity index (χ0) is 15.3. The first-order chi connectivity index (χ1) is 10.6. The normalized spacial score (nSPS) is 31.3. The molecule has 1 amide bonds. The smallest absolute Gasteiger partial charge is 0.307 e. The number of anilines is 1. The van der Waals surface area contributed by atoms with Gasteiger partial charge in [0.2, 0.25) is 12.7 Å². The number of aliphatic carboxylic acids is 1. The van der Waals surface area contributed by atoms with E-state index < -0.39 is 17.8 Å². The largest absolute Gasteiger partial charge is 0.481 e. The second-order valence-electron chi connectivity index (χ2n) is 6.28. The standard InChI is InChI=1S/C16H17NO5/c18-15(13-8-1-2-9(5-8)14(13)16(19)20)17-10-3-4-11-12(6-10)22-7-21-11/h3-4,6,8-9,13-14H,1-2,5,7H2,(H,17,18)(H,19,20)/t8-,9+,13-,14+/m1/s1. The molecule has 1 aromatic rings. The lowest BCUT2D eigenvalue weighted by Crippen LogP contribution is -2.37. The summed E-state index contributed by atoms with van der Waals surface area (Å²) in [5.74, 6) is -0.428. The van der Waals surface area contributed by atoms with Gasteiger partial charge in [-0.1, -0.05) is 0 Å². The highest BCUT2D eigenvalue weighted by molar-refractivity contribution is 5.96. The summed E-state index contributed by atoms with van der Waals surface area (Å²) in [6, 6.07) is 5.20. The van der Waals surface area contributed by atoms with E-state index in [1.54, 1.807) is 18.2 Å². The lowest BCUT2D eigenvalue weighted by atomic mass is 9.78. The van der Waals surface area contributed by atoms with Crippen molar-refractivity contribution in [2.45, 2.75) is 19.3 Å². The van der Waals surface area contributed by atoms with Crippen molar-refractivity contribution in [1.82, 2.24) is 0 Å². The molecule has 0 aromatic heterocycles. The Kier molecular flexibility index (Phi) is 2.99. The van der Waals surface area contributed by atoms with Gasteiger partial charge in [0.05, 0.1) is 11.8 Å². The summed E-state index contributed by atoms with van der Waals surface area (Å²) < 4.78 is 10.5. The molecule has 6 nitrogen and oxygen atoms in total. The van der Waals surface area contributed by atoms with Crippen LogP contribution < -0.4 is 14.8 Å². The third-order valence-electron chi connectivity index (χ3n) is 5.14. The Balaban J connectivity index is 1.53. The molecule has 1 aliphatic heterocycles. The fourth-order valence-corrected chi connectivity index (χ4v) is 4.22. The molecule has 3 aliphatic rings. The van der Waals surface area contributed by atoms with Crippen molar-refractivity contribution in [2.24, 2.45) is 23.7 Å². The monoisotopic (exact) mass is 303 g/mol. The fraction of sp³-hybridized carbons (Fsp3) is 0.500. The van der Waals surface area contributed by atoms with E-state index in [-0.39, 0.29) is 24.5 Å². The van der Waals surface area contributed by atoms with E-state index >= 15 is 0 Å². The number of carbonyl (C=O) groups excluding carboxylic acids is 1. The highest BCUT2D eigenvalue weighted by atomic mass is 16.7. The lowest BCUT2D eigenvalue weighted by Gasteiger charge is -2.27. The number of amides is 1. The number of nitrogens with one attached hydrogen (secondary N) is 1. The van der Waals surface area contributed by atoms with Gasteiger partial charge in [0.15, 0.2) is 11.5 Å². The van der Waals surface area contributed by atoms with Crippen molar-refractivity contribution in [3.63, 3.8) is 0 Å². The highest BCUT2D eigenvalue weighted by Crippen LogP contribution is 2.52. The first-order valence-electron chi connectivity index (χ1n) is 7.57. The minimum atomic E-state index is -0.849. The summed E-state index contributed by atoms with van der Waals surface area (Å²) in [4.78, 5) is 24.1. The Bertz CT molecular complexity index is 643. The Morgan fingerprint density at radius 2 is 1.82 bits per heavy atom. The molecule has 4 atom stereocenters. The summed E-state index contributed by atoms with van der Waals surface area (Å²) >= 11 is 0. The fourth-order valence-electron chi connectivity index (χ4n) is 4.22. The number of carbonyl (C=O) groups is 2. The average molecular weight is 303 g/mol. The molecule has 2 N–H and O–H groups in total. The number of carboxylic acid groups (broad SMARTS) is 1. The molecule has 2 fully saturated rings. The van der Waals surface area contributed by atoms with Crippen molar-refractivity contribution in [3.8, 4) is 11.5 Å². The van der Waals surface area contributed by atoms with Crippen LogP contribution in [0.5, 0.6) is 11.5 Å². The summed E-state index contributed by atoms with van der Waals surface area (Å²) in [7, 11) is 0. The van der Waals surface area contributed by atoms with Crippen LogP contribution in [0.1, 0.15) is 19.3 Å². The Labute approximate surface area is 127 Å². The molecule has 0 saturated heterocycles. The van der Waals surface area contributed by atoms with Crippen molar-refractivity contribution in [2.75, 3.05) is 12.1 Å². The van der Waals surface area contributed by atoms with Gasteiger partial charge in [-0.05, 0) is 43.2 Å². The molecule has 116 valence electrons. The summed E-state index contributed by atoms with van der Waals surface area (Å²) in [6.07, 6.45) is 2.74. The molecular formula is C16H17NO5. The van der Waals surface area contributed by atoms with Crippen LogP contribution >= 0.6 is 0 Å². The van der Waals surface area contributed by atoms with Crippen molar-refractivity contribution < 1.29 is 24.2 Å². The van der Waals surface area contributed by atoms with E-state index in [9.17, 15) is 14.7 Å². The Morgan fingerprint density at radius 1 is 1.09 bits per heavy atom. The highest BCUT2D eigenvalue weighted by Gasteiger charge is 2.53. The quantitative estimate of drug-likeness (QED) is 0.893. The first-order valence-corrected chi connectivity index (χ1v) is 7.57. The molecule has 1 heterocycles. The maximum atomic E-state index is 12.6. The number of rotatable bonds is 3. The van der Waals surface area contributed by atoms with E-state index in [2.05, 4.69) is 5.32 Å². The van der Waals surface area contributed by atoms with Gasteiger partial charge in [-0.25, -0.2) is 0 Å². The Hall–Kier alpha value is -2.24. The van der Waals surface area contributed by atoms with Gasteiger partial charge >= 0.3 is 5.97 Å². The summed E-state index contributed by atoms with van der Waals surface area (Å²) in [5, 5.41) is 12.3. The maximum Gasteiger partial charge on any atom is 0.307 e. The zero-order valence-corrected chi connectivity index (χ0v) is 12.0. The van der Waals surface area contributed by atoms with Crippen LogP contribution in [0, 0.1) is 23.7 Å². The minimum absolute atomic E-state index is 0.148. The molecule has 1 aromatic carbocycles. The second-order valence-corrected chi connectivity index (χ2v) is 6.28. The molecule has 0 spiro atoms. The minimum Gasteiger partial charge on any atom is -0.481 e. The van der Waals surface area contributed by atoms with Gasteiger partial charge in [-0.15, -0.1) is 0 Å². The van der Waals surface area contributed by atoms with Gasteiger partial charge < -0.3 is 19.9 Å². The summed E-state index contributed by atoms with van der Waals surface area (Å²) in [6.45, 7) is 0.181. The summed E-state index contributed by atoms with van der Waals surface area (Å²) in [5.41, 5.74) is 0.612. The van der Waals surface area contributed by atoms with Gasteiger partial charge in [-0.2, -0.15) is 0 Å². The molecule has 4 rings (SSSR count). The van der Waals surface area contributed by atoms with E-state index in [4.69, 9.17) is 9.47 Å². The van der Waals surface area contributed by atoms with Crippen molar-refractivity contribution in [1.29, 1.82) is 0 Å². The number of fused-ring (bicyclic) bond motifs is 3. The van der Waals surface area contributed by atoms with Crippen LogP contribution in [-0.2, 0) is 9.59 Å². The van der Waals surface area contributed by atoms with E-state index in [0.29, 0.717) is 17.2 Å². The molecule has 0 radical (unpaired) electrons. The molecule has 0 unspecified atom stereocenters. The van der Waals surface area contributed by atoms with E-state index in [1.807, 2.05) is 0 Å². The molecule has 2 bridgehead atoms. The van der Waals surface area contributed by atoms with Gasteiger partial charge in [0.25, 0.3) is 0 Å². The van der Waals surface area contributed by atoms with E-state index in [1.165, 1.54) is 0 Å². The predicted octanol–water partition coefficient (Wildman–Crippen LogP) is 2.10. The van der Waals surface area contributed by atoms with Crippen molar-refractivity contribution in [3.05, 3.63) is 18.2 Å². The number of hydrogen-bond donors (Lipinski definition) is 2. The molecule has 22 heavy (non-hydrogen) atoms. The van der Waals surface area contributed by atoms with E-state index in [0.717, 1.165) is 19.3 Å². The predicted molar refractivity (Wildman–Crippen MR) is 76.6 cm³/mol.